The van der Waals surface area contributed by atoms with Gasteiger partial charge in [0.05, 0.1) is 0 Å². The van der Waals surface area contributed by atoms with Crippen molar-refractivity contribution in [1.29, 1.82) is 0 Å². The molecule has 0 fully saturated rings. The quantitative estimate of drug-likeness (QED) is 0.438. The summed E-state index contributed by atoms with van der Waals surface area (Å²) in [7, 11) is -2.50. The maximum atomic E-state index is 9.99. The minimum Gasteiger partial charge on any atom is -0.480 e. The Balaban J connectivity index is 3.59. The Morgan fingerprint density at radius 3 is 2.40 bits per heavy atom. The maximum absolute atomic E-state index is 9.99. The van der Waals surface area contributed by atoms with E-state index in [1.54, 1.807) is 0 Å². The predicted octanol–water partition coefficient (Wildman–Crippen LogP) is -1.60. The van der Waals surface area contributed by atoms with Crippen LogP contribution in [0.4, 0.5) is 0 Å². The van der Waals surface area contributed by atoms with Gasteiger partial charge in [0.25, 0.3) is 0 Å². The molecule has 0 aromatic rings. The van der Waals surface area contributed by atoms with Crippen LogP contribution in [0.3, 0.4) is 0 Å². The Morgan fingerprint density at radius 2 is 2.10 bits per heavy atom. The van der Waals surface area contributed by atoms with Crippen LogP contribution in [-0.2, 0) is 15.5 Å². The van der Waals surface area contributed by atoms with Gasteiger partial charge in [-0.25, -0.2) is 8.42 Å². The number of hydrogen-bond acceptors (Lipinski definition) is 4. The highest BCUT2D eigenvalue weighted by Gasteiger charge is 2.10. The summed E-state index contributed by atoms with van der Waals surface area (Å²) in [4.78, 5) is 9.99. The van der Waals surface area contributed by atoms with Crippen LogP contribution in [0.15, 0.2) is 0 Å². The topological polar surface area (TPSA) is 97.5 Å². The third kappa shape index (κ3) is 4.28. The van der Waals surface area contributed by atoms with Gasteiger partial charge in [-0.15, -0.1) is 0 Å². The summed E-state index contributed by atoms with van der Waals surface area (Å²) in [6, 6.07) is -1.06. The molecular formula is C4H9NO4S. The Kier molecular flexibility index (Phi) is 3.97. The number of carboxylic acids is 1. The number of carbonyl (C=O) groups is 1. The number of aliphatic carboxylic acids is 1. The van der Waals surface area contributed by atoms with Crippen molar-refractivity contribution in [2.45, 2.75) is 12.5 Å². The monoisotopic (exact) mass is 167 g/mol. The summed E-state index contributed by atoms with van der Waals surface area (Å²) in [6.07, 6.45) is -0.0198. The van der Waals surface area contributed by atoms with E-state index < -0.39 is 22.7 Å². The highest BCUT2D eigenvalue weighted by molar-refractivity contribution is 7.72. The predicted molar refractivity (Wildman–Crippen MR) is 35.4 cm³/mol. The first-order chi connectivity index (χ1) is 4.54. The molecule has 1 atom stereocenters. The van der Waals surface area contributed by atoms with E-state index in [1.807, 2.05) is 0 Å². The molecule has 0 amide bonds. The van der Waals surface area contributed by atoms with Gasteiger partial charge in [-0.3, -0.25) is 4.79 Å². The lowest BCUT2D eigenvalue weighted by Gasteiger charge is -2.00. The third-order valence-corrected chi connectivity index (χ3v) is 1.56. The lowest BCUT2D eigenvalue weighted by Crippen LogP contribution is -2.31. The molecule has 0 bridgehead atoms. The van der Waals surface area contributed by atoms with E-state index in [0.717, 1.165) is 0 Å². The highest BCUT2D eigenvalue weighted by atomic mass is 32.2. The molecule has 3 N–H and O–H groups in total. The van der Waals surface area contributed by atoms with Crippen LogP contribution in [-0.4, -0.2) is 31.3 Å². The molecule has 0 aromatic heterocycles. The minimum atomic E-state index is -2.50. The highest BCUT2D eigenvalue weighted by Crippen LogP contribution is 1.87. The van der Waals surface area contributed by atoms with E-state index in [1.165, 1.54) is 0 Å². The van der Waals surface area contributed by atoms with Crippen molar-refractivity contribution in [3.63, 3.8) is 0 Å². The Morgan fingerprint density at radius 1 is 1.60 bits per heavy atom. The summed E-state index contributed by atoms with van der Waals surface area (Å²) < 4.78 is 19.8. The molecule has 1 unspecified atom stereocenters. The molecule has 0 aliphatic heterocycles. The number of nitrogens with two attached hydrogens (primary N) is 1. The SMILES string of the molecule is NC(CC[SH](=O)=O)C(=O)O. The van der Waals surface area contributed by atoms with Gasteiger partial charge in [0.1, 0.15) is 16.7 Å². The van der Waals surface area contributed by atoms with Crippen LogP contribution >= 0.6 is 0 Å². The summed E-state index contributed by atoms with van der Waals surface area (Å²) >= 11 is 0. The molecule has 0 heterocycles. The number of thiol groups is 1. The average Bonchev–Trinajstić information content (AvgIpc) is 1.82. The minimum absolute atomic E-state index is 0.0198. The molecule has 0 saturated heterocycles. The van der Waals surface area contributed by atoms with Crippen LogP contribution in [0.2, 0.25) is 0 Å². The van der Waals surface area contributed by atoms with E-state index in [9.17, 15) is 13.2 Å². The molecule has 0 rings (SSSR count). The Labute approximate surface area is 59.8 Å². The van der Waals surface area contributed by atoms with Gasteiger partial charge >= 0.3 is 5.97 Å². The first-order valence-corrected chi connectivity index (χ1v) is 4.00. The van der Waals surface area contributed by atoms with E-state index >= 15 is 0 Å². The summed E-state index contributed by atoms with van der Waals surface area (Å²) in [6.45, 7) is 0. The molecule has 5 nitrogen and oxygen atoms in total. The number of rotatable bonds is 4. The number of carboxylic acid groups (broad SMARTS) is 1. The fourth-order valence-corrected chi connectivity index (χ4v) is 0.857. The average molecular weight is 167 g/mol. The van der Waals surface area contributed by atoms with Crippen molar-refractivity contribution < 1.29 is 18.3 Å². The van der Waals surface area contributed by atoms with Crippen LogP contribution in [0.25, 0.3) is 0 Å². The standard InChI is InChI=1S/C4H9NO4S/c5-3(4(6)7)1-2-10(8)9/h3,10H,1-2,5H2,(H,6,7). The molecule has 0 aromatic carbocycles. The molecule has 0 spiro atoms. The van der Waals surface area contributed by atoms with Gasteiger partial charge < -0.3 is 10.8 Å². The molecular weight excluding hydrogens is 158 g/mol. The Hall–Kier alpha value is -0.620. The second-order valence-corrected chi connectivity index (χ2v) is 2.90. The van der Waals surface area contributed by atoms with Gasteiger partial charge in [0.2, 0.25) is 0 Å². The zero-order valence-electron chi connectivity index (χ0n) is 5.19. The molecule has 10 heavy (non-hydrogen) atoms. The fourth-order valence-electron chi connectivity index (χ4n) is 0.368. The fraction of sp³-hybridized carbons (Fsp3) is 0.750. The van der Waals surface area contributed by atoms with Gasteiger partial charge in [0, 0.05) is 5.75 Å². The summed E-state index contributed by atoms with van der Waals surface area (Å²) in [5.41, 5.74) is 5.00. The largest absolute Gasteiger partial charge is 0.480 e. The van der Waals surface area contributed by atoms with Gasteiger partial charge in [-0.05, 0) is 6.42 Å². The van der Waals surface area contributed by atoms with E-state index in [-0.39, 0.29) is 12.2 Å². The second kappa shape index (κ2) is 4.24. The van der Waals surface area contributed by atoms with Gasteiger partial charge in [0.15, 0.2) is 0 Å². The number of hydrogen-bond donors (Lipinski definition) is 3. The van der Waals surface area contributed by atoms with Crippen LogP contribution in [0, 0.1) is 0 Å². The van der Waals surface area contributed by atoms with Crippen molar-refractivity contribution in [3.8, 4) is 0 Å². The molecule has 0 radical (unpaired) electrons. The zero-order chi connectivity index (χ0) is 8.15. The van der Waals surface area contributed by atoms with Crippen LogP contribution in [0.1, 0.15) is 6.42 Å². The second-order valence-electron chi connectivity index (χ2n) is 1.79. The van der Waals surface area contributed by atoms with E-state index in [4.69, 9.17) is 10.8 Å². The van der Waals surface area contributed by atoms with Crippen molar-refractivity contribution in [1.82, 2.24) is 0 Å². The molecule has 0 saturated carbocycles. The van der Waals surface area contributed by atoms with E-state index in [2.05, 4.69) is 0 Å². The summed E-state index contributed by atoms with van der Waals surface area (Å²) in [5.74, 6) is -1.33. The smallest absolute Gasteiger partial charge is 0.320 e. The zero-order valence-corrected chi connectivity index (χ0v) is 6.08. The van der Waals surface area contributed by atoms with Crippen molar-refractivity contribution in [2.75, 3.05) is 5.75 Å². The lowest BCUT2D eigenvalue weighted by molar-refractivity contribution is -0.138. The van der Waals surface area contributed by atoms with Crippen molar-refractivity contribution >= 4 is 16.7 Å². The Bertz CT molecular complexity index is 180. The van der Waals surface area contributed by atoms with Gasteiger partial charge in [-0.1, -0.05) is 0 Å². The van der Waals surface area contributed by atoms with Gasteiger partial charge in [-0.2, -0.15) is 0 Å². The first kappa shape index (κ1) is 9.38. The summed E-state index contributed by atoms with van der Waals surface area (Å²) in [5, 5.41) is 8.17. The first-order valence-electron chi connectivity index (χ1n) is 2.64. The normalized spacial score (nSPS) is 13.4. The van der Waals surface area contributed by atoms with Crippen LogP contribution in [0.5, 0.6) is 0 Å². The van der Waals surface area contributed by atoms with Crippen molar-refractivity contribution in [3.05, 3.63) is 0 Å². The van der Waals surface area contributed by atoms with E-state index in [0.29, 0.717) is 0 Å². The van der Waals surface area contributed by atoms with Crippen molar-refractivity contribution in [2.24, 2.45) is 5.73 Å². The lowest BCUT2D eigenvalue weighted by atomic mass is 10.2. The molecule has 6 heteroatoms. The maximum Gasteiger partial charge on any atom is 0.320 e. The molecule has 0 aliphatic rings. The molecule has 60 valence electrons. The molecule has 0 aliphatic carbocycles. The van der Waals surface area contributed by atoms with Crippen LogP contribution < -0.4 is 5.73 Å². The third-order valence-electron chi connectivity index (χ3n) is 0.940.